The highest BCUT2D eigenvalue weighted by Crippen LogP contribution is 2.33. The summed E-state index contributed by atoms with van der Waals surface area (Å²) in [6.45, 7) is 1.23. The molecule has 120 valence electrons. The van der Waals surface area contributed by atoms with E-state index in [1.54, 1.807) is 12.1 Å². The summed E-state index contributed by atoms with van der Waals surface area (Å²) in [6.07, 6.45) is 0. The number of nitrogens with zero attached hydrogens (tertiary/aromatic N) is 1. The van der Waals surface area contributed by atoms with Gasteiger partial charge in [-0.15, -0.1) is 0 Å². The quantitative estimate of drug-likeness (QED) is 0.835. The van der Waals surface area contributed by atoms with Crippen molar-refractivity contribution in [2.75, 3.05) is 4.90 Å². The lowest BCUT2D eigenvalue weighted by Gasteiger charge is -2.27. The number of fused-ring (bicyclic) bond motifs is 1. The van der Waals surface area contributed by atoms with Crippen molar-refractivity contribution < 1.29 is 18.8 Å². The minimum Gasteiger partial charge on any atom is -0.287 e. The zero-order valence-electron chi connectivity index (χ0n) is 12.5. The summed E-state index contributed by atoms with van der Waals surface area (Å²) in [4.78, 5) is 38.4. The van der Waals surface area contributed by atoms with Gasteiger partial charge in [0.1, 0.15) is 16.5 Å². The minimum absolute atomic E-state index is 0.176. The molecule has 0 aliphatic heterocycles. The van der Waals surface area contributed by atoms with E-state index < -0.39 is 23.3 Å². The zero-order chi connectivity index (χ0) is 17.4. The Kier molecular flexibility index (Phi) is 4.03. The Hall–Kier alpha value is -2.79. The van der Waals surface area contributed by atoms with Gasteiger partial charge in [-0.2, -0.15) is 0 Å². The van der Waals surface area contributed by atoms with Gasteiger partial charge in [0.15, 0.2) is 0 Å². The first-order valence-corrected chi connectivity index (χ1v) is 7.44. The first-order valence-electron chi connectivity index (χ1n) is 7.06. The molecule has 1 aliphatic rings. The molecular weight excluding hydrogens is 333 g/mol. The normalized spacial score (nSPS) is 13.8. The van der Waals surface area contributed by atoms with Gasteiger partial charge in [-0.3, -0.25) is 19.3 Å². The number of carbonyl (C=O) groups excluding carboxylic acids is 3. The highest BCUT2D eigenvalue weighted by atomic mass is 35.5. The summed E-state index contributed by atoms with van der Waals surface area (Å²) in [6, 6.07) is 11.2. The summed E-state index contributed by atoms with van der Waals surface area (Å²) in [5.41, 5.74) is 0.395. The first kappa shape index (κ1) is 16.1. The molecule has 0 fully saturated rings. The maximum absolute atomic E-state index is 13.1. The first-order chi connectivity index (χ1) is 11.4. The summed E-state index contributed by atoms with van der Waals surface area (Å²) >= 11 is 6.12. The molecule has 0 heterocycles. The topological polar surface area (TPSA) is 54.5 Å². The SMILES string of the molecule is CC(=O)N(C1=C(Cl)C(=O)c2ccccc2C1=O)c1ccc(F)cc1. The Morgan fingerprint density at radius 1 is 0.958 bits per heavy atom. The van der Waals surface area contributed by atoms with E-state index in [9.17, 15) is 18.8 Å². The third kappa shape index (κ3) is 2.53. The van der Waals surface area contributed by atoms with E-state index in [-0.39, 0.29) is 27.5 Å². The number of amides is 1. The molecule has 3 rings (SSSR count). The Morgan fingerprint density at radius 2 is 1.50 bits per heavy atom. The Balaban J connectivity index is 2.20. The van der Waals surface area contributed by atoms with Crippen LogP contribution in [0.1, 0.15) is 27.6 Å². The molecule has 1 aliphatic carbocycles. The minimum atomic E-state index is -0.533. The van der Waals surface area contributed by atoms with Crippen molar-refractivity contribution in [1.29, 1.82) is 0 Å². The monoisotopic (exact) mass is 343 g/mol. The van der Waals surface area contributed by atoms with E-state index in [0.717, 1.165) is 17.0 Å². The molecule has 0 N–H and O–H groups in total. The smallest absolute Gasteiger partial charge is 0.228 e. The number of rotatable bonds is 2. The summed E-state index contributed by atoms with van der Waals surface area (Å²) in [5, 5.41) is -0.335. The number of carbonyl (C=O) groups is 3. The number of anilines is 1. The lowest BCUT2D eigenvalue weighted by molar-refractivity contribution is -0.116. The van der Waals surface area contributed by atoms with Crippen LogP contribution in [0.15, 0.2) is 59.3 Å². The third-order valence-corrected chi connectivity index (χ3v) is 4.01. The largest absolute Gasteiger partial charge is 0.287 e. The van der Waals surface area contributed by atoms with E-state index in [4.69, 9.17) is 11.6 Å². The van der Waals surface area contributed by atoms with Crippen LogP contribution in [0, 0.1) is 5.82 Å². The van der Waals surface area contributed by atoms with Crippen molar-refractivity contribution in [3.63, 3.8) is 0 Å². The molecule has 2 aromatic carbocycles. The maximum atomic E-state index is 13.1. The molecule has 1 amide bonds. The number of allylic oxidation sites excluding steroid dienone is 2. The number of hydrogen-bond donors (Lipinski definition) is 0. The van der Waals surface area contributed by atoms with E-state index in [2.05, 4.69) is 0 Å². The standard InChI is InChI=1S/C18H11ClFNO3/c1-10(22)21(12-8-6-11(20)7-9-12)16-15(19)17(23)13-4-2-3-5-14(13)18(16)24/h2-9H,1H3. The molecule has 0 bridgehead atoms. The lowest BCUT2D eigenvalue weighted by Crippen LogP contribution is -2.36. The van der Waals surface area contributed by atoms with Crippen molar-refractivity contribution in [2.45, 2.75) is 6.92 Å². The second kappa shape index (κ2) is 6.02. The van der Waals surface area contributed by atoms with Crippen LogP contribution in [0.25, 0.3) is 0 Å². The van der Waals surface area contributed by atoms with Crippen LogP contribution in [-0.2, 0) is 4.79 Å². The van der Waals surface area contributed by atoms with E-state index >= 15 is 0 Å². The van der Waals surface area contributed by atoms with Gasteiger partial charge in [0.2, 0.25) is 17.5 Å². The second-order valence-electron chi connectivity index (χ2n) is 5.20. The van der Waals surface area contributed by atoms with Gasteiger partial charge in [0.05, 0.1) is 0 Å². The molecule has 0 saturated carbocycles. The van der Waals surface area contributed by atoms with E-state index in [0.29, 0.717) is 0 Å². The summed E-state index contributed by atoms with van der Waals surface area (Å²) in [7, 11) is 0. The van der Waals surface area contributed by atoms with Gasteiger partial charge in [-0.1, -0.05) is 35.9 Å². The fourth-order valence-corrected chi connectivity index (χ4v) is 2.86. The van der Waals surface area contributed by atoms with Crippen LogP contribution in [0.2, 0.25) is 0 Å². The van der Waals surface area contributed by atoms with Gasteiger partial charge in [-0.05, 0) is 24.3 Å². The van der Waals surface area contributed by atoms with Gasteiger partial charge < -0.3 is 0 Å². The molecular formula is C18H11ClFNO3. The Morgan fingerprint density at radius 3 is 2.04 bits per heavy atom. The van der Waals surface area contributed by atoms with Crippen molar-refractivity contribution in [3.8, 4) is 0 Å². The predicted molar refractivity (Wildman–Crippen MR) is 87.5 cm³/mol. The molecule has 0 radical (unpaired) electrons. The fourth-order valence-electron chi connectivity index (χ4n) is 2.59. The molecule has 4 nitrogen and oxygen atoms in total. The molecule has 0 saturated heterocycles. The number of halogens is 2. The Labute approximate surface area is 142 Å². The Bertz CT molecular complexity index is 903. The molecule has 0 aromatic heterocycles. The predicted octanol–water partition coefficient (Wildman–Crippen LogP) is 3.71. The van der Waals surface area contributed by atoms with Crippen LogP contribution < -0.4 is 4.90 Å². The van der Waals surface area contributed by atoms with Crippen molar-refractivity contribution in [2.24, 2.45) is 0 Å². The number of ketones is 2. The number of hydrogen-bond acceptors (Lipinski definition) is 3. The van der Waals surface area contributed by atoms with Crippen LogP contribution in [0.5, 0.6) is 0 Å². The van der Waals surface area contributed by atoms with Gasteiger partial charge in [-0.25, -0.2) is 4.39 Å². The maximum Gasteiger partial charge on any atom is 0.228 e. The molecule has 0 spiro atoms. The molecule has 0 atom stereocenters. The zero-order valence-corrected chi connectivity index (χ0v) is 13.3. The molecule has 6 heteroatoms. The van der Waals surface area contributed by atoms with Gasteiger partial charge >= 0.3 is 0 Å². The van der Waals surface area contributed by atoms with E-state index in [1.807, 2.05) is 0 Å². The van der Waals surface area contributed by atoms with Crippen LogP contribution in [0.3, 0.4) is 0 Å². The van der Waals surface area contributed by atoms with Crippen molar-refractivity contribution in [1.82, 2.24) is 0 Å². The summed E-state index contributed by atoms with van der Waals surface area (Å²) in [5.74, 6) is -2.07. The fraction of sp³-hybridized carbons (Fsp3) is 0.0556. The molecule has 2 aromatic rings. The number of Topliss-reactive ketones (excluding diaryl/α,β-unsaturated/α-hetero) is 2. The molecule has 24 heavy (non-hydrogen) atoms. The average molecular weight is 344 g/mol. The highest BCUT2D eigenvalue weighted by Gasteiger charge is 2.36. The van der Waals surface area contributed by atoms with Gasteiger partial charge in [0.25, 0.3) is 0 Å². The molecule has 0 unspecified atom stereocenters. The van der Waals surface area contributed by atoms with Crippen molar-refractivity contribution >= 4 is 34.8 Å². The highest BCUT2D eigenvalue weighted by molar-refractivity contribution is 6.50. The van der Waals surface area contributed by atoms with Crippen LogP contribution in [-0.4, -0.2) is 17.5 Å². The lowest BCUT2D eigenvalue weighted by atomic mass is 9.91. The van der Waals surface area contributed by atoms with Crippen molar-refractivity contribution in [3.05, 3.63) is 76.2 Å². The van der Waals surface area contributed by atoms with E-state index in [1.165, 1.54) is 31.2 Å². The average Bonchev–Trinajstić information content (AvgIpc) is 2.57. The number of benzene rings is 2. The van der Waals surface area contributed by atoms with Gasteiger partial charge in [0, 0.05) is 23.7 Å². The second-order valence-corrected chi connectivity index (χ2v) is 5.58. The van der Waals surface area contributed by atoms with Crippen LogP contribution in [0.4, 0.5) is 10.1 Å². The third-order valence-electron chi connectivity index (χ3n) is 3.66. The summed E-state index contributed by atoms with van der Waals surface area (Å²) < 4.78 is 13.1. The van der Waals surface area contributed by atoms with Crippen LogP contribution >= 0.6 is 11.6 Å².